The summed E-state index contributed by atoms with van der Waals surface area (Å²) in [4.78, 5) is 4.21. The van der Waals surface area contributed by atoms with Gasteiger partial charge in [0, 0.05) is 28.6 Å². The molecule has 16 heavy (non-hydrogen) atoms. The third-order valence-electron chi connectivity index (χ3n) is 2.24. The summed E-state index contributed by atoms with van der Waals surface area (Å²) >= 11 is 0. The average Bonchev–Trinajstić information content (AvgIpc) is 2.25. The van der Waals surface area contributed by atoms with Gasteiger partial charge in [-0.3, -0.25) is 4.98 Å². The number of hydrogen-bond donors (Lipinski definition) is 0. The highest BCUT2D eigenvalue weighted by Gasteiger charge is 2.04. The Hall–Kier alpha value is -1.81. The Morgan fingerprint density at radius 1 is 1.06 bits per heavy atom. The molecule has 2 rings (SSSR count). The fourth-order valence-electron chi connectivity index (χ4n) is 1.47. The van der Waals surface area contributed by atoms with E-state index < -0.39 is 0 Å². The van der Waals surface area contributed by atoms with E-state index in [4.69, 9.17) is 0 Å². The van der Waals surface area contributed by atoms with E-state index in [-0.39, 0.29) is 5.41 Å². The predicted molar refractivity (Wildman–Crippen MR) is 68.1 cm³/mol. The van der Waals surface area contributed by atoms with E-state index in [1.165, 1.54) is 5.39 Å². The molecule has 0 saturated heterocycles. The fourth-order valence-corrected chi connectivity index (χ4v) is 1.47. The van der Waals surface area contributed by atoms with E-state index in [1.807, 2.05) is 24.5 Å². The molecule has 0 aliphatic rings. The molecule has 80 valence electrons. The van der Waals surface area contributed by atoms with Crippen molar-refractivity contribution in [2.45, 2.75) is 20.8 Å². The summed E-state index contributed by atoms with van der Waals surface area (Å²) in [6.07, 6.45) is 3.71. The second-order valence-corrected chi connectivity index (χ2v) is 4.91. The molecule has 0 bridgehead atoms. The second kappa shape index (κ2) is 3.98. The minimum absolute atomic E-state index is 0.0247. The maximum atomic E-state index is 4.21. The maximum absolute atomic E-state index is 4.21. The van der Waals surface area contributed by atoms with Gasteiger partial charge in [0.2, 0.25) is 0 Å². The molecule has 0 unspecified atom stereocenters. The van der Waals surface area contributed by atoms with E-state index in [0.717, 1.165) is 10.9 Å². The second-order valence-electron chi connectivity index (χ2n) is 4.91. The van der Waals surface area contributed by atoms with Crippen LogP contribution in [0.4, 0.5) is 0 Å². The molecule has 0 N–H and O–H groups in total. The van der Waals surface area contributed by atoms with Crippen molar-refractivity contribution in [3.05, 3.63) is 42.2 Å². The quantitative estimate of drug-likeness (QED) is 0.604. The molecule has 0 saturated carbocycles. The first-order valence-electron chi connectivity index (χ1n) is 5.42. The third kappa shape index (κ3) is 2.41. The summed E-state index contributed by atoms with van der Waals surface area (Å²) < 4.78 is 0. The van der Waals surface area contributed by atoms with Crippen LogP contribution in [0.1, 0.15) is 26.3 Å². The van der Waals surface area contributed by atoms with Crippen molar-refractivity contribution in [1.29, 1.82) is 0 Å². The monoisotopic (exact) mass is 209 g/mol. The summed E-state index contributed by atoms with van der Waals surface area (Å²) in [7, 11) is 0. The molecule has 1 heterocycles. The standard InChI is InChI=1S/C15H15N/c1-15(2,3)9-8-13-11-16-10-12-6-4-5-7-14(12)13/h4-7,10-11H,1-3H3. The number of nitrogens with zero attached hydrogens (tertiary/aromatic N) is 1. The van der Waals surface area contributed by atoms with Crippen LogP contribution in [-0.2, 0) is 0 Å². The molecule has 1 nitrogen and oxygen atoms in total. The normalized spacial score (nSPS) is 10.9. The van der Waals surface area contributed by atoms with Gasteiger partial charge >= 0.3 is 0 Å². The molecule has 0 aliphatic heterocycles. The van der Waals surface area contributed by atoms with Gasteiger partial charge in [-0.1, -0.05) is 36.1 Å². The first kappa shape index (κ1) is 10.7. The topological polar surface area (TPSA) is 12.9 Å². The zero-order valence-corrected chi connectivity index (χ0v) is 9.91. The Morgan fingerprint density at radius 2 is 1.81 bits per heavy atom. The minimum Gasteiger partial charge on any atom is -0.263 e. The molecule has 0 spiro atoms. The zero-order valence-electron chi connectivity index (χ0n) is 9.91. The molecule has 0 atom stereocenters. The van der Waals surface area contributed by atoms with E-state index >= 15 is 0 Å². The van der Waals surface area contributed by atoms with Crippen LogP contribution in [0.3, 0.4) is 0 Å². The largest absolute Gasteiger partial charge is 0.263 e. The molecular formula is C15H15N. The van der Waals surface area contributed by atoms with Gasteiger partial charge in [0.1, 0.15) is 0 Å². The van der Waals surface area contributed by atoms with Gasteiger partial charge in [-0.15, -0.1) is 0 Å². The SMILES string of the molecule is CC(C)(C)C#Cc1cncc2ccccc12. The first-order chi connectivity index (χ1) is 7.56. The summed E-state index contributed by atoms with van der Waals surface area (Å²) in [5, 5.41) is 2.32. The number of hydrogen-bond acceptors (Lipinski definition) is 1. The van der Waals surface area contributed by atoms with Crippen molar-refractivity contribution in [3.8, 4) is 11.8 Å². The van der Waals surface area contributed by atoms with Crippen molar-refractivity contribution in [1.82, 2.24) is 4.98 Å². The Kier molecular flexibility index (Phi) is 2.66. The van der Waals surface area contributed by atoms with Crippen LogP contribution in [0.5, 0.6) is 0 Å². The molecule has 2 aromatic rings. The Morgan fingerprint density at radius 3 is 2.56 bits per heavy atom. The van der Waals surface area contributed by atoms with E-state index in [9.17, 15) is 0 Å². The Bertz CT molecular complexity index is 560. The van der Waals surface area contributed by atoms with Crippen LogP contribution in [0.15, 0.2) is 36.7 Å². The number of benzene rings is 1. The highest BCUT2D eigenvalue weighted by Crippen LogP contribution is 2.17. The Labute approximate surface area is 96.5 Å². The molecule has 0 amide bonds. The lowest BCUT2D eigenvalue weighted by Gasteiger charge is -2.07. The van der Waals surface area contributed by atoms with Gasteiger partial charge in [0.05, 0.1) is 5.56 Å². The van der Waals surface area contributed by atoms with Crippen LogP contribution in [0.25, 0.3) is 10.8 Å². The lowest BCUT2D eigenvalue weighted by atomic mass is 9.97. The van der Waals surface area contributed by atoms with Crippen molar-refractivity contribution >= 4 is 10.8 Å². The minimum atomic E-state index is 0.0247. The number of aromatic nitrogens is 1. The van der Waals surface area contributed by atoms with Crippen molar-refractivity contribution in [2.75, 3.05) is 0 Å². The van der Waals surface area contributed by atoms with Gasteiger partial charge in [-0.05, 0) is 20.8 Å². The van der Waals surface area contributed by atoms with Gasteiger partial charge < -0.3 is 0 Å². The summed E-state index contributed by atoms with van der Waals surface area (Å²) in [5.74, 6) is 6.46. The highest BCUT2D eigenvalue weighted by atomic mass is 14.6. The van der Waals surface area contributed by atoms with Crippen LogP contribution < -0.4 is 0 Å². The smallest absolute Gasteiger partial charge is 0.0507 e. The van der Waals surface area contributed by atoms with E-state index in [1.54, 1.807) is 0 Å². The highest BCUT2D eigenvalue weighted by molar-refractivity contribution is 5.87. The van der Waals surface area contributed by atoms with Crippen LogP contribution in [0.2, 0.25) is 0 Å². The molecule has 0 aliphatic carbocycles. The number of fused-ring (bicyclic) bond motifs is 1. The molecular weight excluding hydrogens is 194 g/mol. The van der Waals surface area contributed by atoms with Crippen molar-refractivity contribution < 1.29 is 0 Å². The van der Waals surface area contributed by atoms with Crippen molar-refractivity contribution in [3.63, 3.8) is 0 Å². The fraction of sp³-hybridized carbons (Fsp3) is 0.267. The molecule has 0 radical (unpaired) electrons. The van der Waals surface area contributed by atoms with E-state index in [2.05, 4.69) is 49.7 Å². The lowest BCUT2D eigenvalue weighted by Crippen LogP contribution is -1.99. The van der Waals surface area contributed by atoms with Gasteiger partial charge in [-0.2, -0.15) is 0 Å². The summed E-state index contributed by atoms with van der Waals surface area (Å²) in [6, 6.07) is 8.20. The molecule has 1 aromatic carbocycles. The van der Waals surface area contributed by atoms with Crippen LogP contribution in [-0.4, -0.2) is 4.98 Å². The van der Waals surface area contributed by atoms with Gasteiger partial charge in [0.25, 0.3) is 0 Å². The average molecular weight is 209 g/mol. The predicted octanol–water partition coefficient (Wildman–Crippen LogP) is 3.63. The van der Waals surface area contributed by atoms with Crippen LogP contribution >= 0.6 is 0 Å². The lowest BCUT2D eigenvalue weighted by molar-refractivity contribution is 0.571. The van der Waals surface area contributed by atoms with Crippen LogP contribution in [0, 0.1) is 17.3 Å². The third-order valence-corrected chi connectivity index (χ3v) is 2.24. The summed E-state index contributed by atoms with van der Waals surface area (Å²) in [5.41, 5.74) is 1.03. The molecule has 0 fully saturated rings. The molecule has 1 aromatic heterocycles. The van der Waals surface area contributed by atoms with Gasteiger partial charge in [0.15, 0.2) is 0 Å². The number of rotatable bonds is 0. The maximum Gasteiger partial charge on any atom is 0.0507 e. The van der Waals surface area contributed by atoms with E-state index in [0.29, 0.717) is 0 Å². The molecule has 1 heteroatoms. The number of pyridine rings is 1. The van der Waals surface area contributed by atoms with Gasteiger partial charge in [-0.25, -0.2) is 0 Å². The summed E-state index contributed by atoms with van der Waals surface area (Å²) in [6.45, 7) is 6.33. The zero-order chi connectivity index (χ0) is 11.6. The Balaban J connectivity index is 2.56. The first-order valence-corrected chi connectivity index (χ1v) is 5.42. The van der Waals surface area contributed by atoms with Crippen molar-refractivity contribution in [2.24, 2.45) is 5.41 Å².